The van der Waals surface area contributed by atoms with Gasteiger partial charge in [-0.2, -0.15) is 0 Å². The maximum Gasteiger partial charge on any atom is 0.353 e. The smallest absolute Gasteiger partial charge is 0.353 e. The van der Waals surface area contributed by atoms with Crippen molar-refractivity contribution in [2.45, 2.75) is 13.8 Å². The lowest BCUT2D eigenvalue weighted by Crippen LogP contribution is -2.08. The SMILES string of the molecule is CC(=NOCC=Cc1cc(C)cc(Cl)c1)C(=O)O. The van der Waals surface area contributed by atoms with Gasteiger partial charge in [-0.05, 0) is 43.2 Å². The van der Waals surface area contributed by atoms with E-state index in [1.165, 1.54) is 6.92 Å². The molecule has 4 nitrogen and oxygen atoms in total. The minimum absolute atomic E-state index is 0.0815. The summed E-state index contributed by atoms with van der Waals surface area (Å²) < 4.78 is 0. The maximum absolute atomic E-state index is 10.4. The second-order valence-electron chi connectivity index (χ2n) is 3.74. The Morgan fingerprint density at radius 2 is 2.22 bits per heavy atom. The third-order valence-corrected chi connectivity index (χ3v) is 2.27. The molecule has 1 aromatic rings. The molecule has 0 saturated heterocycles. The summed E-state index contributed by atoms with van der Waals surface area (Å²) in [5.74, 6) is -1.09. The summed E-state index contributed by atoms with van der Waals surface area (Å²) in [5, 5.41) is 12.6. The van der Waals surface area contributed by atoms with E-state index in [9.17, 15) is 4.79 Å². The number of aryl methyl sites for hydroxylation is 1. The Balaban J connectivity index is 2.51. The van der Waals surface area contributed by atoms with Crippen LogP contribution >= 0.6 is 11.6 Å². The molecule has 5 heteroatoms. The Labute approximate surface area is 111 Å². The van der Waals surface area contributed by atoms with Gasteiger partial charge >= 0.3 is 5.97 Å². The van der Waals surface area contributed by atoms with Crippen molar-refractivity contribution in [3.63, 3.8) is 0 Å². The molecule has 0 aromatic heterocycles. The fourth-order valence-electron chi connectivity index (χ4n) is 1.26. The molecule has 0 radical (unpaired) electrons. The molecule has 0 bridgehead atoms. The van der Waals surface area contributed by atoms with Crippen LogP contribution in [0.5, 0.6) is 0 Å². The molecule has 18 heavy (non-hydrogen) atoms. The summed E-state index contributed by atoms with van der Waals surface area (Å²) in [7, 11) is 0. The molecule has 0 aliphatic heterocycles. The number of aliphatic carboxylic acids is 1. The van der Waals surface area contributed by atoms with E-state index in [2.05, 4.69) is 5.16 Å². The van der Waals surface area contributed by atoms with E-state index in [0.29, 0.717) is 5.02 Å². The average molecular weight is 268 g/mol. The second-order valence-corrected chi connectivity index (χ2v) is 4.18. The highest BCUT2D eigenvalue weighted by Gasteiger charge is 2.00. The standard InChI is InChI=1S/C13H14ClNO3/c1-9-6-11(8-12(14)7-9)4-3-5-18-15-10(2)13(16)17/h3-4,6-8H,5H2,1-2H3,(H,16,17). The van der Waals surface area contributed by atoms with Gasteiger partial charge in [-0.15, -0.1) is 0 Å². The van der Waals surface area contributed by atoms with Crippen LogP contribution in [0.15, 0.2) is 29.4 Å². The zero-order valence-corrected chi connectivity index (χ0v) is 10.9. The first kappa shape index (κ1) is 14.3. The number of halogens is 1. The normalized spacial score (nSPS) is 11.8. The highest BCUT2D eigenvalue weighted by atomic mass is 35.5. The van der Waals surface area contributed by atoms with Crippen LogP contribution in [0.2, 0.25) is 5.02 Å². The van der Waals surface area contributed by atoms with Gasteiger partial charge in [0.05, 0.1) is 0 Å². The number of rotatable bonds is 5. The van der Waals surface area contributed by atoms with Crippen molar-refractivity contribution in [1.29, 1.82) is 0 Å². The van der Waals surface area contributed by atoms with E-state index in [1.807, 2.05) is 31.2 Å². The molecule has 1 rings (SSSR count). The van der Waals surface area contributed by atoms with Gasteiger partial charge in [0.1, 0.15) is 6.61 Å². The average Bonchev–Trinajstić information content (AvgIpc) is 2.26. The van der Waals surface area contributed by atoms with Crippen LogP contribution in [0.4, 0.5) is 0 Å². The Morgan fingerprint density at radius 1 is 1.50 bits per heavy atom. The molecular formula is C13H14ClNO3. The number of oxime groups is 1. The highest BCUT2D eigenvalue weighted by molar-refractivity contribution is 6.34. The van der Waals surface area contributed by atoms with Gasteiger partial charge in [-0.1, -0.05) is 28.9 Å². The van der Waals surface area contributed by atoms with Crippen LogP contribution in [-0.4, -0.2) is 23.4 Å². The first-order chi connectivity index (χ1) is 8.49. The second kappa shape index (κ2) is 6.81. The van der Waals surface area contributed by atoms with Gasteiger partial charge in [-0.3, -0.25) is 0 Å². The van der Waals surface area contributed by atoms with Gasteiger partial charge in [0.2, 0.25) is 0 Å². The van der Waals surface area contributed by atoms with E-state index in [-0.39, 0.29) is 12.3 Å². The van der Waals surface area contributed by atoms with Gasteiger partial charge in [-0.25, -0.2) is 4.79 Å². The predicted octanol–water partition coefficient (Wildman–Crippen LogP) is 3.14. The lowest BCUT2D eigenvalue weighted by molar-refractivity contribution is -0.129. The van der Waals surface area contributed by atoms with Crippen LogP contribution in [-0.2, 0) is 9.63 Å². The zero-order chi connectivity index (χ0) is 13.5. The third kappa shape index (κ3) is 5.01. The van der Waals surface area contributed by atoms with Crippen molar-refractivity contribution in [1.82, 2.24) is 0 Å². The maximum atomic E-state index is 10.4. The summed E-state index contributed by atoms with van der Waals surface area (Å²) in [6, 6.07) is 5.68. The summed E-state index contributed by atoms with van der Waals surface area (Å²) in [4.78, 5) is 15.2. The molecule has 0 aliphatic carbocycles. The molecule has 0 spiro atoms. The van der Waals surface area contributed by atoms with Gasteiger partial charge in [0.25, 0.3) is 0 Å². The Morgan fingerprint density at radius 3 is 2.83 bits per heavy atom. The number of hydrogen-bond acceptors (Lipinski definition) is 3. The number of carboxylic acid groups (broad SMARTS) is 1. The van der Waals surface area contributed by atoms with E-state index >= 15 is 0 Å². The van der Waals surface area contributed by atoms with E-state index < -0.39 is 5.97 Å². The molecule has 1 N–H and O–H groups in total. The minimum atomic E-state index is -1.09. The van der Waals surface area contributed by atoms with Crippen LogP contribution in [0.25, 0.3) is 6.08 Å². The number of carboxylic acids is 1. The Hall–Kier alpha value is -1.81. The summed E-state index contributed by atoms with van der Waals surface area (Å²) in [6.07, 6.45) is 3.58. The third-order valence-electron chi connectivity index (χ3n) is 2.06. The number of benzene rings is 1. The quantitative estimate of drug-likeness (QED) is 0.506. The van der Waals surface area contributed by atoms with Crippen LogP contribution in [0, 0.1) is 6.92 Å². The minimum Gasteiger partial charge on any atom is -0.477 e. The van der Waals surface area contributed by atoms with E-state index in [1.54, 1.807) is 6.08 Å². The molecule has 0 amide bonds. The van der Waals surface area contributed by atoms with Crippen molar-refractivity contribution >= 4 is 29.4 Å². The number of hydrogen-bond donors (Lipinski definition) is 1. The van der Waals surface area contributed by atoms with Crippen LogP contribution in [0.1, 0.15) is 18.1 Å². The summed E-state index contributed by atoms with van der Waals surface area (Å²) in [6.45, 7) is 3.53. The van der Waals surface area contributed by atoms with Crippen molar-refractivity contribution in [3.8, 4) is 0 Å². The molecule has 0 atom stereocenters. The van der Waals surface area contributed by atoms with Gasteiger partial charge in [0.15, 0.2) is 5.71 Å². The van der Waals surface area contributed by atoms with Crippen molar-refractivity contribution in [3.05, 3.63) is 40.4 Å². The molecular weight excluding hydrogens is 254 g/mol. The lowest BCUT2D eigenvalue weighted by atomic mass is 10.1. The van der Waals surface area contributed by atoms with Crippen molar-refractivity contribution in [2.75, 3.05) is 6.61 Å². The van der Waals surface area contributed by atoms with E-state index in [0.717, 1.165) is 11.1 Å². The predicted molar refractivity (Wildman–Crippen MR) is 71.9 cm³/mol. The molecule has 96 valence electrons. The monoisotopic (exact) mass is 267 g/mol. The van der Waals surface area contributed by atoms with E-state index in [4.69, 9.17) is 21.5 Å². The fraction of sp³-hybridized carbons (Fsp3) is 0.231. The fourth-order valence-corrected chi connectivity index (χ4v) is 1.56. The zero-order valence-electron chi connectivity index (χ0n) is 10.2. The Bertz CT molecular complexity index is 475. The highest BCUT2D eigenvalue weighted by Crippen LogP contribution is 2.15. The molecule has 1 aromatic carbocycles. The van der Waals surface area contributed by atoms with Gasteiger partial charge in [0, 0.05) is 5.02 Å². The molecule has 0 heterocycles. The number of carbonyl (C=O) groups is 1. The lowest BCUT2D eigenvalue weighted by Gasteiger charge is -1.98. The van der Waals surface area contributed by atoms with Crippen LogP contribution < -0.4 is 0 Å². The molecule has 0 unspecified atom stereocenters. The molecule has 0 aliphatic rings. The topological polar surface area (TPSA) is 58.9 Å². The molecule has 0 saturated carbocycles. The first-order valence-electron chi connectivity index (χ1n) is 5.32. The summed E-state index contributed by atoms with van der Waals surface area (Å²) in [5.41, 5.74) is 1.95. The van der Waals surface area contributed by atoms with Crippen LogP contribution in [0.3, 0.4) is 0 Å². The first-order valence-corrected chi connectivity index (χ1v) is 5.70. The van der Waals surface area contributed by atoms with Gasteiger partial charge < -0.3 is 9.94 Å². The van der Waals surface area contributed by atoms with Crippen molar-refractivity contribution < 1.29 is 14.7 Å². The Kier molecular flexibility index (Phi) is 5.39. The largest absolute Gasteiger partial charge is 0.477 e. The number of nitrogens with zero attached hydrogens (tertiary/aromatic N) is 1. The van der Waals surface area contributed by atoms with Crippen molar-refractivity contribution in [2.24, 2.45) is 5.16 Å². The molecule has 0 fully saturated rings. The summed E-state index contributed by atoms with van der Waals surface area (Å²) >= 11 is 5.91.